The second-order valence-corrected chi connectivity index (χ2v) is 7.88. The summed E-state index contributed by atoms with van der Waals surface area (Å²) < 4.78 is 3.55. The van der Waals surface area contributed by atoms with Crippen molar-refractivity contribution >= 4 is 23.2 Å². The molecule has 2 heterocycles. The number of nitrogens with one attached hydrogen (secondary N) is 1. The molecule has 158 valence electrons. The van der Waals surface area contributed by atoms with Gasteiger partial charge < -0.3 is 5.32 Å². The lowest BCUT2D eigenvalue weighted by atomic mass is 10.1. The summed E-state index contributed by atoms with van der Waals surface area (Å²) in [6.45, 7) is 6.38. The Balaban J connectivity index is 1.53. The lowest BCUT2D eigenvalue weighted by Gasteiger charge is -2.11. The average Bonchev–Trinajstić information content (AvgIpc) is 3.35. The third kappa shape index (κ3) is 4.51. The molecule has 2 aromatic carbocycles. The van der Waals surface area contributed by atoms with E-state index < -0.39 is 0 Å². The summed E-state index contributed by atoms with van der Waals surface area (Å²) >= 11 is 6.29. The van der Waals surface area contributed by atoms with Crippen molar-refractivity contribution in [2.75, 3.05) is 5.32 Å². The summed E-state index contributed by atoms with van der Waals surface area (Å²) in [5.74, 6) is -0.0984. The molecule has 0 aliphatic rings. The Hall–Kier alpha value is -3.45. The molecule has 0 atom stereocenters. The Labute approximate surface area is 185 Å². The van der Waals surface area contributed by atoms with Crippen LogP contribution in [0.25, 0.3) is 5.69 Å². The minimum absolute atomic E-state index is 0.0984. The Morgan fingerprint density at radius 1 is 1.13 bits per heavy atom. The van der Waals surface area contributed by atoms with Crippen molar-refractivity contribution in [2.45, 2.75) is 33.7 Å². The van der Waals surface area contributed by atoms with E-state index in [1.807, 2.05) is 67.9 Å². The van der Waals surface area contributed by atoms with Crippen LogP contribution in [0.4, 0.5) is 5.69 Å². The van der Waals surface area contributed by atoms with Gasteiger partial charge in [0.15, 0.2) is 0 Å². The van der Waals surface area contributed by atoms with E-state index in [9.17, 15) is 4.79 Å². The molecule has 8 heteroatoms. The Morgan fingerprint density at radius 3 is 2.68 bits per heavy atom. The molecular formula is C23H23ClN6O. The normalized spacial score (nSPS) is 11.0. The summed E-state index contributed by atoms with van der Waals surface area (Å²) in [7, 11) is 0. The first kappa shape index (κ1) is 20.8. The van der Waals surface area contributed by atoms with Gasteiger partial charge in [-0.25, -0.2) is 14.3 Å². The third-order valence-electron chi connectivity index (χ3n) is 5.27. The van der Waals surface area contributed by atoms with Crippen molar-refractivity contribution in [3.63, 3.8) is 0 Å². The highest BCUT2D eigenvalue weighted by atomic mass is 35.5. The summed E-state index contributed by atoms with van der Waals surface area (Å²) in [6, 6.07) is 13.5. The lowest BCUT2D eigenvalue weighted by Crippen LogP contribution is -2.17. The second-order valence-electron chi connectivity index (χ2n) is 7.47. The van der Waals surface area contributed by atoms with Crippen LogP contribution >= 0.6 is 11.6 Å². The Kier molecular flexibility index (Phi) is 5.86. The number of benzene rings is 2. The number of nitrogens with zero attached hydrogens (tertiary/aromatic N) is 5. The van der Waals surface area contributed by atoms with Gasteiger partial charge in [-0.1, -0.05) is 35.9 Å². The van der Waals surface area contributed by atoms with Crippen LogP contribution in [0.3, 0.4) is 0 Å². The molecule has 0 radical (unpaired) electrons. The maximum atomic E-state index is 12.9. The van der Waals surface area contributed by atoms with Crippen molar-refractivity contribution < 1.29 is 4.79 Å². The number of amides is 1. The molecule has 0 unspecified atom stereocenters. The number of hydrogen-bond donors (Lipinski definition) is 1. The van der Waals surface area contributed by atoms with E-state index >= 15 is 0 Å². The van der Waals surface area contributed by atoms with Gasteiger partial charge >= 0.3 is 0 Å². The van der Waals surface area contributed by atoms with Gasteiger partial charge in [-0.05, 0) is 50.1 Å². The summed E-state index contributed by atoms with van der Waals surface area (Å²) in [5, 5.41) is 12.5. The molecule has 4 rings (SSSR count). The van der Waals surface area contributed by atoms with Gasteiger partial charge in [0.2, 0.25) is 5.91 Å². The van der Waals surface area contributed by atoms with Crippen LogP contribution in [0.2, 0.25) is 5.02 Å². The highest BCUT2D eigenvalue weighted by Gasteiger charge is 2.17. The van der Waals surface area contributed by atoms with E-state index in [1.54, 1.807) is 11.0 Å². The topological polar surface area (TPSA) is 77.6 Å². The molecule has 31 heavy (non-hydrogen) atoms. The molecule has 4 aromatic rings. The maximum absolute atomic E-state index is 12.9. The summed E-state index contributed by atoms with van der Waals surface area (Å²) in [4.78, 5) is 16.9. The SMILES string of the molecule is Cc1ccc(-n2nc(C)c(CC(=O)Nc3ccccc3Cn3cncn3)c2C)cc1Cl. The van der Waals surface area contributed by atoms with Crippen LogP contribution in [-0.4, -0.2) is 30.5 Å². The number of carbonyl (C=O) groups excluding carboxylic acids is 1. The van der Waals surface area contributed by atoms with Gasteiger partial charge in [0.1, 0.15) is 12.7 Å². The van der Waals surface area contributed by atoms with Gasteiger partial charge in [0, 0.05) is 22.0 Å². The zero-order chi connectivity index (χ0) is 22.0. The molecule has 2 aromatic heterocycles. The van der Waals surface area contributed by atoms with Crippen molar-refractivity contribution in [3.05, 3.63) is 88.2 Å². The zero-order valence-electron chi connectivity index (χ0n) is 17.6. The van der Waals surface area contributed by atoms with Crippen LogP contribution < -0.4 is 5.32 Å². The molecule has 0 spiro atoms. The smallest absolute Gasteiger partial charge is 0.228 e. The molecule has 0 aliphatic heterocycles. The first-order valence-electron chi connectivity index (χ1n) is 9.94. The maximum Gasteiger partial charge on any atom is 0.228 e. The first-order chi connectivity index (χ1) is 14.9. The number of aromatic nitrogens is 5. The van der Waals surface area contributed by atoms with E-state index in [-0.39, 0.29) is 12.3 Å². The molecule has 0 saturated carbocycles. The van der Waals surface area contributed by atoms with Gasteiger partial charge in [-0.2, -0.15) is 10.2 Å². The highest BCUT2D eigenvalue weighted by molar-refractivity contribution is 6.31. The van der Waals surface area contributed by atoms with Crippen LogP contribution in [0.1, 0.15) is 28.1 Å². The predicted molar refractivity (Wildman–Crippen MR) is 121 cm³/mol. The summed E-state index contributed by atoms with van der Waals surface area (Å²) in [6.07, 6.45) is 3.37. The number of halogens is 1. The first-order valence-corrected chi connectivity index (χ1v) is 10.3. The number of carbonyl (C=O) groups is 1. The minimum Gasteiger partial charge on any atom is -0.325 e. The van der Waals surface area contributed by atoms with E-state index in [0.717, 1.165) is 39.5 Å². The fourth-order valence-electron chi connectivity index (χ4n) is 3.52. The van der Waals surface area contributed by atoms with Crippen LogP contribution in [0.15, 0.2) is 55.1 Å². The molecule has 1 amide bonds. The Morgan fingerprint density at radius 2 is 1.94 bits per heavy atom. The van der Waals surface area contributed by atoms with Crippen LogP contribution in [0.5, 0.6) is 0 Å². The molecule has 7 nitrogen and oxygen atoms in total. The standard InChI is InChI=1S/C23H23ClN6O/c1-15-8-9-19(10-21(15)24)30-17(3)20(16(2)28-30)11-23(31)27-22-7-5-4-6-18(22)12-29-14-25-13-26-29/h4-10,13-14H,11-12H2,1-3H3,(H,27,31). The fraction of sp³-hybridized carbons (Fsp3) is 0.217. The number of anilines is 1. The highest BCUT2D eigenvalue weighted by Crippen LogP contribution is 2.24. The zero-order valence-corrected chi connectivity index (χ0v) is 18.4. The number of rotatable bonds is 6. The second kappa shape index (κ2) is 8.73. The lowest BCUT2D eigenvalue weighted by molar-refractivity contribution is -0.115. The van der Waals surface area contributed by atoms with E-state index in [0.29, 0.717) is 11.6 Å². The number of aryl methyl sites for hydroxylation is 2. The molecule has 0 aliphatic carbocycles. The van der Waals surface area contributed by atoms with Crippen LogP contribution in [-0.2, 0) is 17.8 Å². The van der Waals surface area contributed by atoms with Crippen molar-refractivity contribution in [2.24, 2.45) is 0 Å². The molecule has 0 fully saturated rings. The minimum atomic E-state index is -0.0984. The van der Waals surface area contributed by atoms with E-state index in [4.69, 9.17) is 11.6 Å². The summed E-state index contributed by atoms with van der Waals surface area (Å²) in [5.41, 5.74) is 6.25. The number of hydrogen-bond acceptors (Lipinski definition) is 4. The van der Waals surface area contributed by atoms with Crippen molar-refractivity contribution in [3.8, 4) is 5.69 Å². The van der Waals surface area contributed by atoms with Gasteiger partial charge in [-0.3, -0.25) is 4.79 Å². The molecule has 1 N–H and O–H groups in total. The number of para-hydroxylation sites is 1. The largest absolute Gasteiger partial charge is 0.325 e. The van der Waals surface area contributed by atoms with E-state index in [1.165, 1.54) is 6.33 Å². The van der Waals surface area contributed by atoms with Gasteiger partial charge in [0.25, 0.3) is 0 Å². The monoisotopic (exact) mass is 434 g/mol. The van der Waals surface area contributed by atoms with Crippen LogP contribution in [0, 0.1) is 20.8 Å². The molecule has 0 saturated heterocycles. The van der Waals surface area contributed by atoms with Crippen molar-refractivity contribution in [1.82, 2.24) is 24.5 Å². The average molecular weight is 435 g/mol. The molecular weight excluding hydrogens is 412 g/mol. The predicted octanol–water partition coefficient (Wildman–Crippen LogP) is 4.27. The fourth-order valence-corrected chi connectivity index (χ4v) is 3.69. The Bertz CT molecular complexity index is 1230. The van der Waals surface area contributed by atoms with E-state index in [2.05, 4.69) is 20.5 Å². The molecule has 0 bridgehead atoms. The quantitative estimate of drug-likeness (QED) is 0.491. The van der Waals surface area contributed by atoms with Gasteiger partial charge in [0.05, 0.1) is 24.3 Å². The van der Waals surface area contributed by atoms with Crippen molar-refractivity contribution in [1.29, 1.82) is 0 Å². The third-order valence-corrected chi connectivity index (χ3v) is 5.68. The van der Waals surface area contributed by atoms with Gasteiger partial charge in [-0.15, -0.1) is 0 Å².